The molecule has 0 N–H and O–H groups in total. The van der Waals surface area contributed by atoms with Crippen molar-refractivity contribution in [3.63, 3.8) is 0 Å². The minimum absolute atomic E-state index is 0.0422. The molecule has 0 aliphatic carbocycles. The van der Waals surface area contributed by atoms with Crippen LogP contribution in [0.3, 0.4) is 0 Å². The number of hydrogen-bond acceptors (Lipinski definition) is 7. The van der Waals surface area contributed by atoms with Gasteiger partial charge in [-0.25, -0.2) is 9.37 Å². The molecule has 0 unspecified atom stereocenters. The van der Waals surface area contributed by atoms with Crippen LogP contribution in [0.4, 0.5) is 4.39 Å². The summed E-state index contributed by atoms with van der Waals surface area (Å²) < 4.78 is 25.4. The molecule has 0 bridgehead atoms. The summed E-state index contributed by atoms with van der Waals surface area (Å²) in [7, 11) is 0. The summed E-state index contributed by atoms with van der Waals surface area (Å²) in [6, 6.07) is 12.9. The van der Waals surface area contributed by atoms with Crippen LogP contribution in [-0.4, -0.2) is 19.7 Å². The van der Waals surface area contributed by atoms with Crippen LogP contribution in [0.5, 0.6) is 5.75 Å². The van der Waals surface area contributed by atoms with Gasteiger partial charge in [0.2, 0.25) is 11.7 Å². The van der Waals surface area contributed by atoms with Crippen LogP contribution in [0.2, 0.25) is 0 Å². The zero-order chi connectivity index (χ0) is 21.1. The third-order valence-electron chi connectivity index (χ3n) is 4.31. The van der Waals surface area contributed by atoms with E-state index in [2.05, 4.69) is 15.1 Å². The number of nitrogens with zero attached hydrogens (tertiary/aromatic N) is 4. The molecule has 2 aromatic carbocycles. The molecule has 0 saturated heterocycles. The number of ether oxygens (including phenoxy) is 1. The van der Waals surface area contributed by atoms with Crippen molar-refractivity contribution in [3.8, 4) is 5.75 Å². The Bertz CT molecular complexity index is 1220. The number of halogens is 1. The lowest BCUT2D eigenvalue weighted by Crippen LogP contribution is -2.25. The molecule has 0 amide bonds. The van der Waals surface area contributed by atoms with E-state index in [4.69, 9.17) is 9.26 Å². The summed E-state index contributed by atoms with van der Waals surface area (Å²) in [6.07, 6.45) is 0. The molecule has 30 heavy (non-hydrogen) atoms. The molecule has 9 heteroatoms. The van der Waals surface area contributed by atoms with Crippen molar-refractivity contribution in [3.05, 3.63) is 76.4 Å². The van der Waals surface area contributed by atoms with E-state index in [1.807, 2.05) is 32.0 Å². The van der Waals surface area contributed by atoms with Crippen molar-refractivity contribution >= 4 is 22.7 Å². The molecule has 2 heterocycles. The summed E-state index contributed by atoms with van der Waals surface area (Å²) >= 11 is 1.36. The van der Waals surface area contributed by atoms with Gasteiger partial charge in [0.15, 0.2) is 11.8 Å². The van der Waals surface area contributed by atoms with Crippen LogP contribution in [0.1, 0.15) is 31.6 Å². The topological polar surface area (TPSA) is 83.0 Å². The summed E-state index contributed by atoms with van der Waals surface area (Å²) in [5.74, 6) is 1.32. The lowest BCUT2D eigenvalue weighted by Gasteiger charge is -2.15. The van der Waals surface area contributed by atoms with Crippen molar-refractivity contribution in [2.75, 3.05) is 0 Å². The first kappa shape index (κ1) is 20.1. The van der Waals surface area contributed by atoms with E-state index >= 15 is 0 Å². The normalized spacial score (nSPS) is 11.3. The van der Waals surface area contributed by atoms with E-state index in [9.17, 15) is 9.18 Å². The standard InChI is InChI=1S/C21H19FN4O3S/c1-13(2)26-20(27)16-5-3-4-6-17(16)23-21(26)30-12-19-24-18(25-29-19)11-28-15-9-7-14(22)8-10-15/h3-10,13H,11-12H2,1-2H3. The van der Waals surface area contributed by atoms with Crippen LogP contribution in [0, 0.1) is 5.82 Å². The second-order valence-corrected chi connectivity index (χ2v) is 7.76. The van der Waals surface area contributed by atoms with Crippen molar-refractivity contribution in [1.82, 2.24) is 19.7 Å². The fraction of sp³-hybridized carbons (Fsp3) is 0.238. The molecule has 0 atom stereocenters. The average Bonchev–Trinajstić information content (AvgIpc) is 3.19. The average molecular weight is 426 g/mol. The Hall–Kier alpha value is -3.20. The third kappa shape index (κ3) is 4.35. The van der Waals surface area contributed by atoms with Crippen LogP contribution in [-0.2, 0) is 12.4 Å². The third-order valence-corrected chi connectivity index (χ3v) is 5.25. The van der Waals surface area contributed by atoms with E-state index in [0.29, 0.717) is 39.3 Å². The maximum Gasteiger partial charge on any atom is 0.262 e. The number of benzene rings is 2. The van der Waals surface area contributed by atoms with Crippen LogP contribution in [0.25, 0.3) is 10.9 Å². The maximum absolute atomic E-state index is 12.9. The van der Waals surface area contributed by atoms with Gasteiger partial charge in [0.05, 0.1) is 16.7 Å². The summed E-state index contributed by atoms with van der Waals surface area (Å²) in [4.78, 5) is 21.8. The van der Waals surface area contributed by atoms with Gasteiger partial charge in [0, 0.05) is 6.04 Å². The van der Waals surface area contributed by atoms with Gasteiger partial charge < -0.3 is 9.26 Å². The van der Waals surface area contributed by atoms with Gasteiger partial charge in [0.25, 0.3) is 5.56 Å². The molecule has 4 aromatic rings. The maximum atomic E-state index is 12.9. The van der Waals surface area contributed by atoms with Gasteiger partial charge in [-0.1, -0.05) is 29.1 Å². The van der Waals surface area contributed by atoms with E-state index in [1.54, 1.807) is 10.6 Å². The summed E-state index contributed by atoms with van der Waals surface area (Å²) in [6.45, 7) is 3.99. The van der Waals surface area contributed by atoms with Crippen molar-refractivity contribution < 1.29 is 13.7 Å². The lowest BCUT2D eigenvalue weighted by atomic mass is 10.2. The number of aromatic nitrogens is 4. The molecule has 154 valence electrons. The van der Waals surface area contributed by atoms with Gasteiger partial charge in [0.1, 0.15) is 11.6 Å². The monoisotopic (exact) mass is 426 g/mol. The van der Waals surface area contributed by atoms with E-state index in [0.717, 1.165) is 0 Å². The minimum atomic E-state index is -0.330. The number of para-hydroxylation sites is 1. The molecule has 0 aliphatic rings. The molecule has 2 aromatic heterocycles. The number of fused-ring (bicyclic) bond motifs is 1. The Balaban J connectivity index is 1.47. The fourth-order valence-electron chi connectivity index (χ4n) is 2.90. The Morgan fingerprint density at radius 2 is 1.90 bits per heavy atom. The fourth-order valence-corrected chi connectivity index (χ4v) is 3.86. The molecule has 4 rings (SSSR count). The zero-order valence-corrected chi connectivity index (χ0v) is 17.2. The predicted octanol–water partition coefficient (Wildman–Crippen LogP) is 4.37. The highest BCUT2D eigenvalue weighted by Gasteiger charge is 2.16. The van der Waals surface area contributed by atoms with Gasteiger partial charge in [-0.15, -0.1) is 0 Å². The molecule has 0 fully saturated rings. The predicted molar refractivity (Wildman–Crippen MR) is 111 cm³/mol. The molecule has 0 saturated carbocycles. The zero-order valence-electron chi connectivity index (χ0n) is 16.4. The smallest absolute Gasteiger partial charge is 0.262 e. The van der Waals surface area contributed by atoms with Crippen molar-refractivity contribution in [1.29, 1.82) is 0 Å². The quantitative estimate of drug-likeness (QED) is 0.320. The van der Waals surface area contributed by atoms with E-state index in [1.165, 1.54) is 36.0 Å². The van der Waals surface area contributed by atoms with Crippen molar-refractivity contribution in [2.45, 2.75) is 37.4 Å². The Morgan fingerprint density at radius 3 is 2.67 bits per heavy atom. The van der Waals surface area contributed by atoms with Crippen molar-refractivity contribution in [2.24, 2.45) is 0 Å². The molecule has 0 radical (unpaired) electrons. The van der Waals surface area contributed by atoms with E-state index < -0.39 is 0 Å². The first-order valence-corrected chi connectivity index (χ1v) is 10.3. The van der Waals surface area contributed by atoms with E-state index in [-0.39, 0.29) is 24.0 Å². The molecular formula is C21H19FN4O3S. The minimum Gasteiger partial charge on any atom is -0.485 e. The highest BCUT2D eigenvalue weighted by Crippen LogP contribution is 2.24. The SMILES string of the molecule is CC(C)n1c(SCc2nc(COc3ccc(F)cc3)no2)nc2ccccc2c1=O. The highest BCUT2D eigenvalue weighted by atomic mass is 32.2. The molecular weight excluding hydrogens is 407 g/mol. The Labute approximate surface area is 175 Å². The summed E-state index contributed by atoms with van der Waals surface area (Å²) in [5.41, 5.74) is 0.581. The lowest BCUT2D eigenvalue weighted by molar-refractivity contribution is 0.285. The highest BCUT2D eigenvalue weighted by molar-refractivity contribution is 7.98. The van der Waals surface area contributed by atoms with Crippen LogP contribution < -0.4 is 10.3 Å². The largest absolute Gasteiger partial charge is 0.485 e. The second-order valence-electron chi connectivity index (χ2n) is 6.82. The Kier molecular flexibility index (Phi) is 5.80. The molecule has 7 nitrogen and oxygen atoms in total. The van der Waals surface area contributed by atoms with Gasteiger partial charge >= 0.3 is 0 Å². The molecule has 0 aliphatic heterocycles. The van der Waals surface area contributed by atoms with Gasteiger partial charge in [-0.2, -0.15) is 4.98 Å². The number of hydrogen-bond donors (Lipinski definition) is 0. The van der Waals surface area contributed by atoms with Gasteiger partial charge in [-0.05, 0) is 50.2 Å². The first-order chi connectivity index (χ1) is 14.5. The van der Waals surface area contributed by atoms with Gasteiger partial charge in [-0.3, -0.25) is 9.36 Å². The molecule has 0 spiro atoms. The van der Waals surface area contributed by atoms with Crippen LogP contribution in [0.15, 0.2) is 63.0 Å². The Morgan fingerprint density at radius 1 is 1.13 bits per heavy atom. The number of thioether (sulfide) groups is 1. The second kappa shape index (κ2) is 8.66. The number of rotatable bonds is 7. The summed E-state index contributed by atoms with van der Waals surface area (Å²) in [5, 5.41) is 5.08. The first-order valence-electron chi connectivity index (χ1n) is 9.35. The van der Waals surface area contributed by atoms with Crippen LogP contribution >= 0.6 is 11.8 Å².